The Morgan fingerprint density at radius 1 is 1.29 bits per heavy atom. The smallest absolute Gasteiger partial charge is 0.326 e. The van der Waals surface area contributed by atoms with Gasteiger partial charge in [-0.05, 0) is 38.5 Å². The monoisotopic (exact) mass is 294 g/mol. The van der Waals surface area contributed by atoms with Gasteiger partial charge >= 0.3 is 12.0 Å². The number of carbonyl (C=O) groups is 2. The van der Waals surface area contributed by atoms with E-state index in [1.165, 1.54) is 6.42 Å². The van der Waals surface area contributed by atoms with Gasteiger partial charge in [-0.25, -0.2) is 9.59 Å². The summed E-state index contributed by atoms with van der Waals surface area (Å²) in [5, 5.41) is 9.50. The Kier molecular flexibility index (Phi) is 5.26. The van der Waals surface area contributed by atoms with Gasteiger partial charge in [0.25, 0.3) is 0 Å². The van der Waals surface area contributed by atoms with Gasteiger partial charge in [0.2, 0.25) is 0 Å². The van der Waals surface area contributed by atoms with Gasteiger partial charge in [0.1, 0.15) is 6.04 Å². The van der Waals surface area contributed by atoms with Gasteiger partial charge in [0.15, 0.2) is 0 Å². The summed E-state index contributed by atoms with van der Waals surface area (Å²) in [6.45, 7) is 6.64. The number of fused-ring (bicyclic) bond motifs is 1. The number of nitrogens with zero attached hydrogens (tertiary/aromatic N) is 2. The van der Waals surface area contributed by atoms with Crippen molar-refractivity contribution in [2.45, 2.75) is 57.5 Å². The fourth-order valence-electron chi connectivity index (χ4n) is 3.81. The number of hydrogen-bond donors (Lipinski definition) is 1. The fraction of sp³-hybridized carbons (Fsp3) is 0.750. The molecule has 5 heteroatoms. The van der Waals surface area contributed by atoms with Crippen LogP contribution in [0.3, 0.4) is 0 Å². The summed E-state index contributed by atoms with van der Waals surface area (Å²) in [5.41, 5.74) is 0. The third-order valence-electron chi connectivity index (χ3n) is 4.88. The number of carboxylic acid groups (broad SMARTS) is 1. The first-order valence-electron chi connectivity index (χ1n) is 8.01. The number of carboxylic acids is 1. The average molecular weight is 294 g/mol. The molecule has 0 spiro atoms. The Hall–Kier alpha value is -1.52. The molecule has 2 amide bonds. The lowest BCUT2D eigenvalue weighted by Gasteiger charge is -2.48. The molecule has 2 rings (SSSR count). The Balaban J connectivity index is 2.24. The van der Waals surface area contributed by atoms with Gasteiger partial charge in [-0.1, -0.05) is 18.9 Å². The van der Waals surface area contributed by atoms with Gasteiger partial charge in [-0.15, -0.1) is 6.58 Å². The van der Waals surface area contributed by atoms with E-state index >= 15 is 0 Å². The summed E-state index contributed by atoms with van der Waals surface area (Å²) in [7, 11) is 0. The summed E-state index contributed by atoms with van der Waals surface area (Å²) < 4.78 is 0. The molecule has 1 N–H and O–H groups in total. The maximum absolute atomic E-state index is 12.8. The summed E-state index contributed by atoms with van der Waals surface area (Å²) >= 11 is 0. The van der Waals surface area contributed by atoms with Crippen molar-refractivity contribution in [1.29, 1.82) is 0 Å². The lowest BCUT2D eigenvalue weighted by Crippen LogP contribution is -2.60. The minimum atomic E-state index is -0.873. The number of rotatable bonds is 4. The van der Waals surface area contributed by atoms with Crippen LogP contribution >= 0.6 is 0 Å². The third-order valence-corrected chi connectivity index (χ3v) is 4.88. The number of piperidine rings is 1. The van der Waals surface area contributed by atoms with Gasteiger partial charge in [0, 0.05) is 19.1 Å². The lowest BCUT2D eigenvalue weighted by molar-refractivity contribution is -0.146. The van der Waals surface area contributed by atoms with E-state index in [0.717, 1.165) is 25.7 Å². The number of hydrogen-bond acceptors (Lipinski definition) is 2. The third kappa shape index (κ3) is 3.22. The van der Waals surface area contributed by atoms with Gasteiger partial charge < -0.3 is 14.9 Å². The highest BCUT2D eigenvalue weighted by Gasteiger charge is 2.44. The topological polar surface area (TPSA) is 60.9 Å². The Morgan fingerprint density at radius 2 is 2.00 bits per heavy atom. The van der Waals surface area contributed by atoms with E-state index in [-0.39, 0.29) is 12.1 Å². The predicted octanol–water partition coefficient (Wildman–Crippen LogP) is 2.72. The first-order valence-corrected chi connectivity index (χ1v) is 8.01. The molecule has 21 heavy (non-hydrogen) atoms. The SMILES string of the molecule is C=CCN(CC)C(=O)N1C(C(=O)O)CCC2CCCCC21. The molecule has 1 heterocycles. The van der Waals surface area contributed by atoms with Crippen LogP contribution in [0.4, 0.5) is 4.79 Å². The molecule has 1 aliphatic heterocycles. The molecule has 2 aliphatic rings. The van der Waals surface area contributed by atoms with Crippen molar-refractivity contribution in [1.82, 2.24) is 9.80 Å². The average Bonchev–Trinajstić information content (AvgIpc) is 2.50. The van der Waals surface area contributed by atoms with Crippen molar-refractivity contribution in [3.8, 4) is 0 Å². The molecule has 3 atom stereocenters. The second-order valence-electron chi connectivity index (χ2n) is 6.06. The van der Waals surface area contributed by atoms with E-state index in [2.05, 4.69) is 6.58 Å². The van der Waals surface area contributed by atoms with Crippen molar-refractivity contribution in [2.75, 3.05) is 13.1 Å². The van der Waals surface area contributed by atoms with Crippen LogP contribution in [-0.4, -0.2) is 52.1 Å². The van der Waals surface area contributed by atoms with E-state index in [1.54, 1.807) is 15.9 Å². The second-order valence-corrected chi connectivity index (χ2v) is 6.06. The van der Waals surface area contributed by atoms with Crippen LogP contribution in [0, 0.1) is 5.92 Å². The Morgan fingerprint density at radius 3 is 2.62 bits per heavy atom. The van der Waals surface area contributed by atoms with Crippen LogP contribution in [0.15, 0.2) is 12.7 Å². The molecule has 1 aliphatic carbocycles. The highest BCUT2D eigenvalue weighted by Crippen LogP contribution is 2.38. The second kappa shape index (κ2) is 6.96. The van der Waals surface area contributed by atoms with Crippen LogP contribution in [-0.2, 0) is 4.79 Å². The van der Waals surface area contributed by atoms with Crippen molar-refractivity contribution >= 4 is 12.0 Å². The summed E-state index contributed by atoms with van der Waals surface area (Å²) in [4.78, 5) is 27.8. The predicted molar refractivity (Wildman–Crippen MR) is 81.1 cm³/mol. The number of likely N-dealkylation sites (N-methyl/N-ethyl adjacent to an activating group) is 1. The first-order chi connectivity index (χ1) is 10.1. The quantitative estimate of drug-likeness (QED) is 0.811. The number of likely N-dealkylation sites (tertiary alicyclic amines) is 1. The summed E-state index contributed by atoms with van der Waals surface area (Å²) in [6, 6.07) is -0.711. The highest BCUT2D eigenvalue weighted by molar-refractivity contribution is 5.83. The van der Waals surface area contributed by atoms with Crippen molar-refractivity contribution in [3.63, 3.8) is 0 Å². The first kappa shape index (κ1) is 15.9. The van der Waals surface area contributed by atoms with E-state index < -0.39 is 12.0 Å². The number of carbonyl (C=O) groups excluding carboxylic acids is 1. The zero-order chi connectivity index (χ0) is 15.4. The highest BCUT2D eigenvalue weighted by atomic mass is 16.4. The largest absolute Gasteiger partial charge is 0.480 e. The van der Waals surface area contributed by atoms with Crippen LogP contribution in [0.5, 0.6) is 0 Å². The van der Waals surface area contributed by atoms with E-state index in [1.807, 2.05) is 6.92 Å². The minimum Gasteiger partial charge on any atom is -0.480 e. The van der Waals surface area contributed by atoms with Gasteiger partial charge in [-0.3, -0.25) is 0 Å². The molecule has 0 aromatic rings. The molecular weight excluding hydrogens is 268 g/mol. The molecule has 0 bridgehead atoms. The zero-order valence-corrected chi connectivity index (χ0v) is 12.8. The maximum Gasteiger partial charge on any atom is 0.326 e. The van der Waals surface area contributed by atoms with E-state index in [0.29, 0.717) is 25.4 Å². The molecule has 118 valence electrons. The summed E-state index contributed by atoms with van der Waals surface area (Å²) in [5.74, 6) is -0.400. The normalized spacial score (nSPS) is 28.6. The van der Waals surface area contributed by atoms with Gasteiger partial charge in [0.05, 0.1) is 0 Å². The standard InChI is InChI=1S/C16H26N2O3/c1-3-11-17(4-2)16(21)18-13-8-6-5-7-12(13)9-10-14(18)15(19)20/h3,12-14H,1,4-11H2,2H3,(H,19,20). The van der Waals surface area contributed by atoms with Crippen LogP contribution < -0.4 is 0 Å². The van der Waals surface area contributed by atoms with Crippen LogP contribution in [0.25, 0.3) is 0 Å². The lowest BCUT2D eigenvalue weighted by atomic mass is 9.76. The van der Waals surface area contributed by atoms with Crippen LogP contribution in [0.1, 0.15) is 45.4 Å². The minimum absolute atomic E-state index is 0.0972. The number of urea groups is 1. The van der Waals surface area contributed by atoms with Crippen molar-refractivity contribution < 1.29 is 14.7 Å². The Labute approximate surface area is 126 Å². The molecule has 5 nitrogen and oxygen atoms in total. The molecule has 0 aromatic heterocycles. The molecule has 0 radical (unpaired) electrons. The Bertz CT molecular complexity index is 410. The molecule has 0 aromatic carbocycles. The number of amides is 2. The van der Waals surface area contributed by atoms with Crippen molar-refractivity contribution in [3.05, 3.63) is 12.7 Å². The van der Waals surface area contributed by atoms with E-state index in [4.69, 9.17) is 0 Å². The maximum atomic E-state index is 12.8. The molecule has 3 unspecified atom stereocenters. The molecule has 1 saturated carbocycles. The molecule has 2 fully saturated rings. The van der Waals surface area contributed by atoms with Gasteiger partial charge in [-0.2, -0.15) is 0 Å². The summed E-state index contributed by atoms with van der Waals surface area (Å²) in [6.07, 6.45) is 7.54. The van der Waals surface area contributed by atoms with Crippen molar-refractivity contribution in [2.24, 2.45) is 5.92 Å². The molecule has 1 saturated heterocycles. The van der Waals surface area contributed by atoms with Crippen LogP contribution in [0.2, 0.25) is 0 Å². The zero-order valence-electron chi connectivity index (χ0n) is 12.8. The van der Waals surface area contributed by atoms with E-state index in [9.17, 15) is 14.7 Å². The number of aliphatic carboxylic acids is 1. The fourth-order valence-corrected chi connectivity index (χ4v) is 3.81. The molecular formula is C16H26N2O3.